The molecular weight excluding hydrogens is 322 g/mol. The van der Waals surface area contributed by atoms with Crippen LogP contribution in [-0.2, 0) is 16.1 Å². The number of carbonyl (C=O) groups excluding carboxylic acids is 1. The van der Waals surface area contributed by atoms with Crippen molar-refractivity contribution in [3.63, 3.8) is 0 Å². The lowest BCUT2D eigenvalue weighted by molar-refractivity contribution is -0.127. The van der Waals surface area contributed by atoms with Gasteiger partial charge in [0.05, 0.1) is 18.0 Å². The van der Waals surface area contributed by atoms with Crippen LogP contribution in [0.2, 0.25) is 0 Å². The molecule has 1 N–H and O–H groups in total. The first kappa shape index (κ1) is 16.2. The lowest BCUT2D eigenvalue weighted by Crippen LogP contribution is -2.42. The third kappa shape index (κ3) is 3.69. The molecule has 2 aliphatic rings. The van der Waals surface area contributed by atoms with Gasteiger partial charge in [-0.3, -0.25) is 14.7 Å². The summed E-state index contributed by atoms with van der Waals surface area (Å²) in [4.78, 5) is 22.7. The lowest BCUT2D eigenvalue weighted by Gasteiger charge is -2.33. The Kier molecular flexibility index (Phi) is 4.46. The molecule has 2 saturated heterocycles. The molecule has 2 aliphatic heterocycles. The Hall–Kier alpha value is -2.32. The second-order valence-electron chi connectivity index (χ2n) is 6.69. The van der Waals surface area contributed by atoms with Gasteiger partial charge in [0.2, 0.25) is 0 Å². The van der Waals surface area contributed by atoms with E-state index in [4.69, 9.17) is 9.26 Å². The van der Waals surface area contributed by atoms with E-state index in [1.807, 2.05) is 13.0 Å². The molecule has 1 amide bonds. The molecule has 3 atom stereocenters. The van der Waals surface area contributed by atoms with Gasteiger partial charge in [-0.25, -0.2) is 4.98 Å². The number of aryl methyl sites for hydroxylation is 1. The molecule has 0 saturated carbocycles. The number of likely N-dealkylation sites (tertiary alicyclic amines) is 1. The van der Waals surface area contributed by atoms with Crippen molar-refractivity contribution in [2.24, 2.45) is 5.92 Å². The molecule has 4 heterocycles. The Morgan fingerprint density at radius 1 is 1.44 bits per heavy atom. The summed E-state index contributed by atoms with van der Waals surface area (Å²) in [6, 6.07) is 1.96. The van der Waals surface area contributed by atoms with Gasteiger partial charge in [0.15, 0.2) is 5.82 Å². The zero-order valence-corrected chi connectivity index (χ0v) is 14.1. The summed E-state index contributed by atoms with van der Waals surface area (Å²) >= 11 is 0. The topological polar surface area (TPSA) is 93.4 Å². The molecule has 0 bridgehead atoms. The second kappa shape index (κ2) is 6.89. The molecule has 8 heteroatoms. The predicted molar refractivity (Wildman–Crippen MR) is 88.6 cm³/mol. The number of aromatic nitrogens is 3. The van der Waals surface area contributed by atoms with Crippen molar-refractivity contribution in [2.45, 2.75) is 38.5 Å². The average Bonchev–Trinajstić information content (AvgIpc) is 3.21. The number of nitrogens with one attached hydrogen (secondary N) is 1. The van der Waals surface area contributed by atoms with Gasteiger partial charge in [0.1, 0.15) is 11.9 Å². The van der Waals surface area contributed by atoms with Gasteiger partial charge >= 0.3 is 0 Å². The molecule has 0 unspecified atom stereocenters. The monoisotopic (exact) mass is 343 g/mol. The average molecular weight is 343 g/mol. The highest BCUT2D eigenvalue weighted by molar-refractivity contribution is 5.93. The van der Waals surface area contributed by atoms with Crippen molar-refractivity contribution in [2.75, 3.05) is 18.4 Å². The zero-order chi connectivity index (χ0) is 17.2. The van der Waals surface area contributed by atoms with Crippen molar-refractivity contribution < 1.29 is 14.1 Å². The molecule has 2 aromatic rings. The van der Waals surface area contributed by atoms with Crippen molar-refractivity contribution in [1.82, 2.24) is 20.0 Å². The van der Waals surface area contributed by atoms with Crippen LogP contribution >= 0.6 is 0 Å². The number of anilines is 1. The van der Waals surface area contributed by atoms with Gasteiger partial charge in [-0.15, -0.1) is 0 Å². The summed E-state index contributed by atoms with van der Waals surface area (Å²) in [6.07, 6.45) is 6.09. The summed E-state index contributed by atoms with van der Waals surface area (Å²) in [5.41, 5.74) is 0.936. The Balaban J connectivity index is 1.33. The van der Waals surface area contributed by atoms with Crippen LogP contribution in [0.4, 0.5) is 5.82 Å². The van der Waals surface area contributed by atoms with Crippen LogP contribution < -0.4 is 5.32 Å². The number of hydrogen-bond acceptors (Lipinski definition) is 7. The summed E-state index contributed by atoms with van der Waals surface area (Å²) < 4.78 is 11.2. The highest BCUT2D eigenvalue weighted by atomic mass is 16.5. The van der Waals surface area contributed by atoms with Gasteiger partial charge < -0.3 is 14.6 Å². The minimum absolute atomic E-state index is 0.0827. The minimum Gasteiger partial charge on any atom is -0.364 e. The fraction of sp³-hybridized carbons (Fsp3) is 0.529. The molecule has 132 valence electrons. The molecule has 0 aliphatic carbocycles. The molecular formula is C17H21N5O3. The maximum absolute atomic E-state index is 12.4. The van der Waals surface area contributed by atoms with E-state index in [1.54, 1.807) is 12.4 Å². The Morgan fingerprint density at radius 2 is 2.36 bits per heavy atom. The van der Waals surface area contributed by atoms with Gasteiger partial charge in [0.25, 0.3) is 5.91 Å². The number of piperidine rings is 1. The van der Waals surface area contributed by atoms with Crippen LogP contribution in [0.15, 0.2) is 29.2 Å². The van der Waals surface area contributed by atoms with Crippen LogP contribution in [0.5, 0.6) is 0 Å². The summed E-state index contributed by atoms with van der Waals surface area (Å²) in [5.74, 6) is 1.55. The first-order chi connectivity index (χ1) is 12.2. The van der Waals surface area contributed by atoms with E-state index in [1.165, 1.54) is 6.20 Å². The standard InChI is InChI=1S/C17H21N5O3/c1-11-6-13(21-25-11)9-22-5-2-12-7-14(24-15(12)10-22)17(23)20-16-8-18-3-4-19-16/h3-4,6,8,12,14-15H,2,5,7,9-10H2,1H3,(H,19,20,23)/t12-,14-,15+/m1/s1. The van der Waals surface area contributed by atoms with E-state index in [0.717, 1.165) is 43.9 Å². The highest BCUT2D eigenvalue weighted by Crippen LogP contribution is 2.34. The highest BCUT2D eigenvalue weighted by Gasteiger charge is 2.42. The van der Waals surface area contributed by atoms with E-state index in [2.05, 4.69) is 25.3 Å². The number of amides is 1. The summed E-state index contributed by atoms with van der Waals surface area (Å²) in [5, 5.41) is 6.82. The number of nitrogens with zero attached hydrogens (tertiary/aromatic N) is 4. The number of carbonyl (C=O) groups is 1. The smallest absolute Gasteiger partial charge is 0.254 e. The third-order valence-electron chi connectivity index (χ3n) is 4.81. The number of hydrogen-bond donors (Lipinski definition) is 1. The fourth-order valence-electron chi connectivity index (χ4n) is 3.60. The normalized spacial score (nSPS) is 26.4. The molecule has 8 nitrogen and oxygen atoms in total. The Labute approximate surface area is 145 Å². The van der Waals surface area contributed by atoms with Crippen LogP contribution in [0.1, 0.15) is 24.3 Å². The maximum Gasteiger partial charge on any atom is 0.254 e. The van der Waals surface area contributed by atoms with Crippen LogP contribution in [0, 0.1) is 12.8 Å². The zero-order valence-electron chi connectivity index (χ0n) is 14.1. The molecule has 0 radical (unpaired) electrons. The molecule has 0 spiro atoms. The minimum atomic E-state index is -0.425. The second-order valence-corrected chi connectivity index (χ2v) is 6.69. The Bertz CT molecular complexity index is 735. The van der Waals surface area contributed by atoms with E-state index in [-0.39, 0.29) is 12.0 Å². The van der Waals surface area contributed by atoms with Crippen molar-refractivity contribution in [3.8, 4) is 0 Å². The summed E-state index contributed by atoms with van der Waals surface area (Å²) in [7, 11) is 0. The predicted octanol–water partition coefficient (Wildman–Crippen LogP) is 1.39. The van der Waals surface area contributed by atoms with E-state index in [9.17, 15) is 4.79 Å². The summed E-state index contributed by atoms with van der Waals surface area (Å²) in [6.45, 7) is 4.43. The first-order valence-electron chi connectivity index (χ1n) is 8.54. The number of fused-ring (bicyclic) bond motifs is 1. The number of rotatable bonds is 4. The Morgan fingerprint density at radius 3 is 3.12 bits per heavy atom. The third-order valence-corrected chi connectivity index (χ3v) is 4.81. The number of ether oxygens (including phenoxy) is 1. The van der Waals surface area contributed by atoms with E-state index >= 15 is 0 Å². The van der Waals surface area contributed by atoms with E-state index in [0.29, 0.717) is 11.7 Å². The fourth-order valence-corrected chi connectivity index (χ4v) is 3.60. The maximum atomic E-state index is 12.4. The largest absolute Gasteiger partial charge is 0.364 e. The van der Waals surface area contributed by atoms with E-state index < -0.39 is 6.10 Å². The molecule has 0 aromatic carbocycles. The van der Waals surface area contributed by atoms with Crippen molar-refractivity contribution in [1.29, 1.82) is 0 Å². The van der Waals surface area contributed by atoms with Gasteiger partial charge in [0, 0.05) is 31.5 Å². The van der Waals surface area contributed by atoms with Gasteiger partial charge in [-0.1, -0.05) is 5.16 Å². The van der Waals surface area contributed by atoms with Crippen LogP contribution in [-0.4, -0.2) is 51.2 Å². The van der Waals surface area contributed by atoms with Crippen LogP contribution in [0.3, 0.4) is 0 Å². The molecule has 2 aromatic heterocycles. The van der Waals surface area contributed by atoms with Gasteiger partial charge in [-0.2, -0.15) is 0 Å². The lowest BCUT2D eigenvalue weighted by atomic mass is 9.91. The molecule has 25 heavy (non-hydrogen) atoms. The van der Waals surface area contributed by atoms with Crippen molar-refractivity contribution in [3.05, 3.63) is 36.1 Å². The SMILES string of the molecule is Cc1cc(CN2CC[C@@H]3C[C@H](C(=O)Nc4cnccn4)O[C@H]3C2)no1. The van der Waals surface area contributed by atoms with Crippen molar-refractivity contribution >= 4 is 11.7 Å². The molecule has 4 rings (SSSR count). The van der Waals surface area contributed by atoms with Crippen LogP contribution in [0.25, 0.3) is 0 Å². The first-order valence-corrected chi connectivity index (χ1v) is 8.54. The molecule has 2 fully saturated rings. The quantitative estimate of drug-likeness (QED) is 0.896. The van der Waals surface area contributed by atoms with Gasteiger partial charge in [-0.05, 0) is 32.2 Å².